The van der Waals surface area contributed by atoms with Crippen LogP contribution >= 0.6 is 23.2 Å². The zero-order chi connectivity index (χ0) is 18.5. The summed E-state index contributed by atoms with van der Waals surface area (Å²) in [5.74, 6) is 0.839. The number of benzene rings is 2. The molecule has 0 aliphatic carbocycles. The second-order valence-corrected chi connectivity index (χ2v) is 6.10. The van der Waals surface area contributed by atoms with Crippen molar-refractivity contribution in [2.45, 2.75) is 13.2 Å². The molecular formula is C17H15Cl2FN4O2. The molecule has 0 spiro atoms. The Balaban J connectivity index is 1.76. The van der Waals surface area contributed by atoms with Crippen molar-refractivity contribution in [3.63, 3.8) is 0 Å². The third-order valence-electron chi connectivity index (χ3n) is 3.59. The number of anilines is 1. The highest BCUT2D eigenvalue weighted by atomic mass is 35.5. The molecule has 2 N–H and O–H groups in total. The number of nitrogens with zero attached hydrogens (tertiary/aromatic N) is 2. The second kappa shape index (κ2) is 8.25. The Morgan fingerprint density at radius 3 is 2.77 bits per heavy atom. The minimum Gasteiger partial charge on any atom is -0.493 e. The third kappa shape index (κ3) is 4.17. The molecule has 3 aromatic rings. The largest absolute Gasteiger partial charge is 0.493 e. The van der Waals surface area contributed by atoms with Gasteiger partial charge in [-0.1, -0.05) is 29.3 Å². The number of hydrogen-bond donors (Lipinski definition) is 2. The van der Waals surface area contributed by atoms with Crippen LogP contribution in [-0.4, -0.2) is 22.3 Å². The molecule has 0 bridgehead atoms. The van der Waals surface area contributed by atoms with Gasteiger partial charge >= 0.3 is 0 Å². The van der Waals surface area contributed by atoms with Crippen LogP contribution in [0.5, 0.6) is 11.5 Å². The van der Waals surface area contributed by atoms with Crippen molar-refractivity contribution in [1.29, 1.82) is 0 Å². The molecule has 9 heteroatoms. The molecule has 136 valence electrons. The van der Waals surface area contributed by atoms with Gasteiger partial charge in [0.15, 0.2) is 11.5 Å². The van der Waals surface area contributed by atoms with E-state index in [2.05, 4.69) is 20.5 Å². The summed E-state index contributed by atoms with van der Waals surface area (Å²) >= 11 is 12.3. The number of nitrogens with one attached hydrogen (secondary N) is 2. The first kappa shape index (κ1) is 18.3. The maximum absolute atomic E-state index is 13.9. The van der Waals surface area contributed by atoms with Gasteiger partial charge < -0.3 is 14.8 Å². The van der Waals surface area contributed by atoms with Crippen LogP contribution in [0.2, 0.25) is 10.0 Å². The summed E-state index contributed by atoms with van der Waals surface area (Å²) in [4.78, 5) is 3.98. The summed E-state index contributed by atoms with van der Waals surface area (Å²) < 4.78 is 24.9. The van der Waals surface area contributed by atoms with E-state index in [0.29, 0.717) is 29.0 Å². The highest BCUT2D eigenvalue weighted by Gasteiger charge is 2.15. The predicted molar refractivity (Wildman–Crippen MR) is 97.5 cm³/mol. The third-order valence-corrected chi connectivity index (χ3v) is 4.22. The Morgan fingerprint density at radius 1 is 1.23 bits per heavy atom. The van der Waals surface area contributed by atoms with Crippen molar-refractivity contribution in [2.24, 2.45) is 0 Å². The molecule has 0 aliphatic heterocycles. The summed E-state index contributed by atoms with van der Waals surface area (Å²) in [6.07, 6.45) is 1.40. The number of rotatable bonds is 7. The SMILES string of the molecule is COc1cc(CNc2ncn[nH]2)cc(Cl)c1OCc1c(F)cccc1Cl. The van der Waals surface area contributed by atoms with Crippen LogP contribution in [0.4, 0.5) is 10.3 Å². The average molecular weight is 397 g/mol. The van der Waals surface area contributed by atoms with Crippen LogP contribution in [0.1, 0.15) is 11.1 Å². The fraction of sp³-hybridized carbons (Fsp3) is 0.176. The van der Waals surface area contributed by atoms with Crippen LogP contribution < -0.4 is 14.8 Å². The van der Waals surface area contributed by atoms with Crippen molar-refractivity contribution < 1.29 is 13.9 Å². The zero-order valence-corrected chi connectivity index (χ0v) is 15.2. The van der Waals surface area contributed by atoms with Crippen LogP contribution in [0.15, 0.2) is 36.7 Å². The Bertz CT molecular complexity index is 870. The predicted octanol–water partition coefficient (Wildman–Crippen LogP) is 4.45. The van der Waals surface area contributed by atoms with Crippen LogP contribution in [-0.2, 0) is 13.2 Å². The first-order chi connectivity index (χ1) is 12.6. The van der Waals surface area contributed by atoms with E-state index in [0.717, 1.165) is 5.56 Å². The number of halogens is 3. The van der Waals surface area contributed by atoms with Crippen molar-refractivity contribution in [2.75, 3.05) is 12.4 Å². The Hall–Kier alpha value is -2.51. The molecule has 1 heterocycles. The average Bonchev–Trinajstić information content (AvgIpc) is 3.14. The Kier molecular flexibility index (Phi) is 5.80. The Morgan fingerprint density at radius 2 is 2.08 bits per heavy atom. The van der Waals surface area contributed by atoms with Crippen molar-refractivity contribution in [1.82, 2.24) is 15.2 Å². The number of methoxy groups -OCH3 is 1. The highest BCUT2D eigenvalue weighted by Crippen LogP contribution is 2.37. The lowest BCUT2D eigenvalue weighted by molar-refractivity contribution is 0.280. The molecule has 0 radical (unpaired) electrons. The number of hydrogen-bond acceptors (Lipinski definition) is 5. The van der Waals surface area contributed by atoms with Gasteiger partial charge in [0, 0.05) is 12.1 Å². The number of aromatic nitrogens is 3. The standard InChI is InChI=1S/C17H15Cl2FN4O2/c1-25-15-6-10(7-21-17-22-9-23-24-17)5-13(19)16(15)26-8-11-12(18)3-2-4-14(11)20/h2-6,9H,7-8H2,1H3,(H2,21,22,23,24). The lowest BCUT2D eigenvalue weighted by Gasteiger charge is -2.15. The molecule has 0 unspecified atom stereocenters. The molecule has 2 aromatic carbocycles. The van der Waals surface area contributed by atoms with Gasteiger partial charge in [0.05, 0.1) is 17.2 Å². The minimum atomic E-state index is -0.444. The molecule has 0 aliphatic rings. The van der Waals surface area contributed by atoms with Crippen LogP contribution in [0.3, 0.4) is 0 Å². The quantitative estimate of drug-likeness (QED) is 0.617. The zero-order valence-electron chi connectivity index (χ0n) is 13.7. The van der Waals surface area contributed by atoms with E-state index in [1.165, 1.54) is 25.6 Å². The molecule has 0 atom stereocenters. The fourth-order valence-corrected chi connectivity index (χ4v) is 2.81. The van der Waals surface area contributed by atoms with Gasteiger partial charge in [-0.15, -0.1) is 0 Å². The molecule has 0 fully saturated rings. The van der Waals surface area contributed by atoms with Crippen LogP contribution in [0.25, 0.3) is 0 Å². The summed E-state index contributed by atoms with van der Waals surface area (Å²) in [5, 5.41) is 10.1. The number of aromatic amines is 1. The molecular weight excluding hydrogens is 382 g/mol. The highest BCUT2D eigenvalue weighted by molar-refractivity contribution is 6.32. The second-order valence-electron chi connectivity index (χ2n) is 5.29. The molecule has 1 aromatic heterocycles. The molecule has 0 amide bonds. The van der Waals surface area contributed by atoms with Crippen molar-refractivity contribution in [3.8, 4) is 11.5 Å². The van der Waals surface area contributed by atoms with E-state index < -0.39 is 5.82 Å². The van der Waals surface area contributed by atoms with E-state index in [1.54, 1.807) is 18.2 Å². The molecule has 6 nitrogen and oxygen atoms in total. The van der Waals surface area contributed by atoms with E-state index in [1.807, 2.05) is 0 Å². The normalized spacial score (nSPS) is 10.6. The smallest absolute Gasteiger partial charge is 0.218 e. The molecule has 0 saturated heterocycles. The van der Waals surface area contributed by atoms with Gasteiger partial charge in [0.25, 0.3) is 0 Å². The maximum atomic E-state index is 13.9. The maximum Gasteiger partial charge on any atom is 0.218 e. The summed E-state index contributed by atoms with van der Waals surface area (Å²) in [7, 11) is 1.50. The number of ether oxygens (including phenoxy) is 2. The number of H-pyrrole nitrogens is 1. The molecule has 3 rings (SSSR count). The van der Waals surface area contributed by atoms with E-state index in [9.17, 15) is 4.39 Å². The van der Waals surface area contributed by atoms with Crippen LogP contribution in [0, 0.1) is 5.82 Å². The molecule has 26 heavy (non-hydrogen) atoms. The topological polar surface area (TPSA) is 72.1 Å². The van der Waals surface area contributed by atoms with Crippen molar-refractivity contribution in [3.05, 3.63) is 63.6 Å². The monoisotopic (exact) mass is 396 g/mol. The van der Waals surface area contributed by atoms with Gasteiger partial charge in [0.1, 0.15) is 18.8 Å². The summed E-state index contributed by atoms with van der Waals surface area (Å²) in [6.45, 7) is 0.377. The minimum absolute atomic E-state index is 0.0722. The van der Waals surface area contributed by atoms with Crippen molar-refractivity contribution >= 4 is 29.2 Å². The lowest BCUT2D eigenvalue weighted by Crippen LogP contribution is -2.04. The lowest BCUT2D eigenvalue weighted by atomic mass is 10.2. The van der Waals surface area contributed by atoms with Gasteiger partial charge in [-0.2, -0.15) is 5.10 Å². The van der Waals surface area contributed by atoms with Gasteiger partial charge in [0.2, 0.25) is 5.95 Å². The van der Waals surface area contributed by atoms with E-state index in [4.69, 9.17) is 32.7 Å². The van der Waals surface area contributed by atoms with E-state index >= 15 is 0 Å². The van der Waals surface area contributed by atoms with Gasteiger partial charge in [-0.3, -0.25) is 0 Å². The molecule has 0 saturated carbocycles. The summed E-state index contributed by atoms with van der Waals surface area (Å²) in [6, 6.07) is 7.95. The van der Waals surface area contributed by atoms with Gasteiger partial charge in [-0.25, -0.2) is 14.5 Å². The summed E-state index contributed by atoms with van der Waals surface area (Å²) in [5.41, 5.74) is 1.10. The van der Waals surface area contributed by atoms with Gasteiger partial charge in [-0.05, 0) is 29.8 Å². The Labute approximate surface area is 159 Å². The first-order valence-corrected chi connectivity index (χ1v) is 8.35. The fourth-order valence-electron chi connectivity index (χ4n) is 2.31. The first-order valence-electron chi connectivity index (χ1n) is 7.60. The van der Waals surface area contributed by atoms with E-state index in [-0.39, 0.29) is 17.2 Å².